The molecule has 0 heterocycles. The molecule has 0 fully saturated rings. The first-order valence-electron chi connectivity index (χ1n) is 5.29. The zero-order valence-corrected chi connectivity index (χ0v) is 9.77. The lowest BCUT2D eigenvalue weighted by molar-refractivity contribution is -0.297. The van der Waals surface area contributed by atoms with Crippen LogP contribution in [-0.2, 0) is 9.59 Å². The van der Waals surface area contributed by atoms with Crippen molar-refractivity contribution in [3.8, 4) is 0 Å². The molecule has 0 aromatic heterocycles. The monoisotopic (exact) mass is 232 g/mol. The van der Waals surface area contributed by atoms with Crippen LogP contribution in [0.15, 0.2) is 36.4 Å². The van der Waals surface area contributed by atoms with Gasteiger partial charge in [-0.25, -0.2) is 0 Å². The Bertz CT molecular complexity index is 432. The number of carboxylic acids is 1. The van der Waals surface area contributed by atoms with Crippen LogP contribution in [0.5, 0.6) is 0 Å². The maximum Gasteiger partial charge on any atom is 0.248 e. The highest BCUT2D eigenvalue weighted by atomic mass is 16.4. The molecule has 4 heteroatoms. The van der Waals surface area contributed by atoms with Gasteiger partial charge in [0.25, 0.3) is 0 Å². The van der Waals surface area contributed by atoms with Gasteiger partial charge in [-0.2, -0.15) is 0 Å². The van der Waals surface area contributed by atoms with Crippen molar-refractivity contribution in [2.45, 2.75) is 19.8 Å². The third-order valence-electron chi connectivity index (χ3n) is 2.22. The van der Waals surface area contributed by atoms with E-state index in [9.17, 15) is 14.7 Å². The van der Waals surface area contributed by atoms with Crippen molar-refractivity contribution in [2.75, 3.05) is 5.32 Å². The number of carboxylic acid groups (broad SMARTS) is 1. The summed E-state index contributed by atoms with van der Waals surface area (Å²) in [7, 11) is 0. The maximum atomic E-state index is 11.2. The Balaban J connectivity index is 2.63. The summed E-state index contributed by atoms with van der Waals surface area (Å²) < 4.78 is 0. The molecule has 1 rings (SSSR count). The second-order valence-corrected chi connectivity index (χ2v) is 3.92. The molecule has 1 aromatic carbocycles. The van der Waals surface area contributed by atoms with E-state index in [1.165, 1.54) is 5.56 Å². The molecular weight excluding hydrogens is 218 g/mol. The average Bonchev–Trinajstić information content (AvgIpc) is 2.27. The van der Waals surface area contributed by atoms with Gasteiger partial charge in [0.1, 0.15) is 0 Å². The van der Waals surface area contributed by atoms with Crippen LogP contribution in [-0.4, -0.2) is 11.9 Å². The first-order chi connectivity index (χ1) is 7.99. The lowest BCUT2D eigenvalue weighted by Crippen LogP contribution is -2.20. The smallest absolute Gasteiger partial charge is 0.248 e. The van der Waals surface area contributed by atoms with E-state index in [1.807, 2.05) is 12.1 Å². The van der Waals surface area contributed by atoms with Gasteiger partial charge in [-0.05, 0) is 29.7 Å². The van der Waals surface area contributed by atoms with Crippen LogP contribution in [0.1, 0.15) is 25.3 Å². The number of rotatable bonds is 4. The summed E-state index contributed by atoms with van der Waals surface area (Å²) in [6, 6.07) is 7.39. The molecule has 0 saturated carbocycles. The van der Waals surface area contributed by atoms with E-state index in [1.54, 1.807) is 12.1 Å². The predicted octanol–water partition coefficient (Wildman–Crippen LogP) is 1.05. The first kappa shape index (κ1) is 13.0. The second kappa shape index (κ2) is 5.84. The van der Waals surface area contributed by atoms with E-state index < -0.39 is 11.9 Å². The molecule has 0 bridgehead atoms. The van der Waals surface area contributed by atoms with Crippen molar-refractivity contribution in [1.29, 1.82) is 0 Å². The standard InChI is InChI=1S/C13H15NO3/c1-9(2)10-3-5-11(6-4-10)14-12(15)7-8-13(16)17/h3-9H,1-2H3,(H,14,15)(H,16,17)/p-1. The summed E-state index contributed by atoms with van der Waals surface area (Å²) in [6.45, 7) is 4.16. The number of hydrogen-bond donors (Lipinski definition) is 1. The third-order valence-corrected chi connectivity index (χ3v) is 2.22. The Morgan fingerprint density at radius 3 is 2.24 bits per heavy atom. The van der Waals surface area contributed by atoms with E-state index in [4.69, 9.17) is 0 Å². The molecule has 0 atom stereocenters. The van der Waals surface area contributed by atoms with Gasteiger partial charge in [0.2, 0.25) is 5.91 Å². The molecule has 1 amide bonds. The Labute approximate surface area is 100.0 Å². The third kappa shape index (κ3) is 4.51. The molecule has 0 radical (unpaired) electrons. The van der Waals surface area contributed by atoms with Crippen LogP contribution in [0.2, 0.25) is 0 Å². The second-order valence-electron chi connectivity index (χ2n) is 3.92. The van der Waals surface area contributed by atoms with Gasteiger partial charge in [0, 0.05) is 11.8 Å². The Morgan fingerprint density at radius 2 is 1.76 bits per heavy atom. The minimum absolute atomic E-state index is 0.428. The highest BCUT2D eigenvalue weighted by molar-refractivity contribution is 6.02. The lowest BCUT2D eigenvalue weighted by Gasteiger charge is -2.07. The summed E-state index contributed by atoms with van der Waals surface area (Å²) >= 11 is 0. The molecule has 90 valence electrons. The molecule has 0 unspecified atom stereocenters. The molecule has 0 saturated heterocycles. The lowest BCUT2D eigenvalue weighted by atomic mass is 10.0. The fourth-order valence-electron chi connectivity index (χ4n) is 1.28. The highest BCUT2D eigenvalue weighted by Gasteiger charge is 2.00. The van der Waals surface area contributed by atoms with Gasteiger partial charge in [-0.1, -0.05) is 26.0 Å². The van der Waals surface area contributed by atoms with Gasteiger partial charge >= 0.3 is 0 Å². The summed E-state index contributed by atoms with van der Waals surface area (Å²) in [4.78, 5) is 21.3. The van der Waals surface area contributed by atoms with Crippen LogP contribution in [0.25, 0.3) is 0 Å². The van der Waals surface area contributed by atoms with Gasteiger partial charge in [-0.15, -0.1) is 0 Å². The van der Waals surface area contributed by atoms with Crippen LogP contribution in [0.3, 0.4) is 0 Å². The topological polar surface area (TPSA) is 69.2 Å². The molecule has 1 aromatic rings. The largest absolute Gasteiger partial charge is 0.545 e. The van der Waals surface area contributed by atoms with Crippen molar-refractivity contribution in [3.63, 3.8) is 0 Å². The summed E-state index contributed by atoms with van der Waals surface area (Å²) in [5.41, 5.74) is 1.80. The number of aliphatic carboxylic acids is 1. The molecule has 0 aliphatic rings. The number of nitrogens with one attached hydrogen (secondary N) is 1. The van der Waals surface area contributed by atoms with Crippen LogP contribution in [0.4, 0.5) is 5.69 Å². The van der Waals surface area contributed by atoms with Gasteiger partial charge in [-0.3, -0.25) is 4.79 Å². The van der Waals surface area contributed by atoms with Gasteiger partial charge in [0.15, 0.2) is 0 Å². The van der Waals surface area contributed by atoms with Gasteiger partial charge in [0.05, 0.1) is 5.97 Å². The van der Waals surface area contributed by atoms with E-state index in [0.717, 1.165) is 6.08 Å². The predicted molar refractivity (Wildman–Crippen MR) is 63.3 cm³/mol. The Morgan fingerprint density at radius 1 is 1.18 bits per heavy atom. The maximum absolute atomic E-state index is 11.2. The molecule has 17 heavy (non-hydrogen) atoms. The quantitative estimate of drug-likeness (QED) is 0.789. The summed E-state index contributed by atoms with van der Waals surface area (Å²) in [6.07, 6.45) is 1.61. The Kier molecular flexibility index (Phi) is 4.46. The summed E-state index contributed by atoms with van der Waals surface area (Å²) in [5.74, 6) is -1.46. The van der Waals surface area contributed by atoms with Crippen molar-refractivity contribution in [1.82, 2.24) is 0 Å². The van der Waals surface area contributed by atoms with Crippen molar-refractivity contribution in [3.05, 3.63) is 42.0 Å². The van der Waals surface area contributed by atoms with Crippen molar-refractivity contribution >= 4 is 17.6 Å². The molecule has 1 N–H and O–H groups in total. The van der Waals surface area contributed by atoms with Crippen LogP contribution in [0, 0.1) is 0 Å². The molecule has 0 aliphatic heterocycles. The molecule has 0 spiro atoms. The van der Waals surface area contributed by atoms with Crippen LogP contribution < -0.4 is 10.4 Å². The zero-order valence-electron chi connectivity index (χ0n) is 9.77. The normalized spacial score (nSPS) is 10.8. The number of anilines is 1. The zero-order chi connectivity index (χ0) is 12.8. The average molecular weight is 232 g/mol. The number of carbonyl (C=O) groups excluding carboxylic acids is 2. The van der Waals surface area contributed by atoms with Crippen molar-refractivity contribution < 1.29 is 14.7 Å². The molecular formula is C13H14NO3-. The number of carbonyl (C=O) groups is 2. The molecule has 4 nitrogen and oxygen atoms in total. The van der Waals surface area contributed by atoms with E-state index in [-0.39, 0.29) is 0 Å². The Hall–Kier alpha value is -2.10. The van der Waals surface area contributed by atoms with Crippen molar-refractivity contribution in [2.24, 2.45) is 0 Å². The fourth-order valence-corrected chi connectivity index (χ4v) is 1.28. The SMILES string of the molecule is CC(C)c1ccc(NC(=O)C=CC(=O)[O-])cc1. The van der Waals surface area contributed by atoms with Crippen LogP contribution >= 0.6 is 0 Å². The fraction of sp³-hybridized carbons (Fsp3) is 0.231. The summed E-state index contributed by atoms with van der Waals surface area (Å²) in [5, 5.41) is 12.6. The van der Waals surface area contributed by atoms with E-state index >= 15 is 0 Å². The van der Waals surface area contributed by atoms with E-state index in [0.29, 0.717) is 17.7 Å². The highest BCUT2D eigenvalue weighted by Crippen LogP contribution is 2.16. The minimum Gasteiger partial charge on any atom is -0.545 e. The van der Waals surface area contributed by atoms with Gasteiger partial charge < -0.3 is 15.2 Å². The number of hydrogen-bond acceptors (Lipinski definition) is 3. The minimum atomic E-state index is -1.39. The molecule has 0 aliphatic carbocycles. The number of amides is 1. The number of benzene rings is 1. The van der Waals surface area contributed by atoms with E-state index in [2.05, 4.69) is 19.2 Å². The first-order valence-corrected chi connectivity index (χ1v) is 5.29.